The van der Waals surface area contributed by atoms with Gasteiger partial charge in [-0.05, 0) is 30.3 Å². The Balaban J connectivity index is 1.45. The molecule has 2 heterocycles. The Kier molecular flexibility index (Phi) is 5.99. The highest BCUT2D eigenvalue weighted by Crippen LogP contribution is 2.29. The molecule has 0 unspecified atom stereocenters. The lowest BCUT2D eigenvalue weighted by atomic mass is 10.2. The molecule has 0 spiro atoms. The first kappa shape index (κ1) is 21.0. The summed E-state index contributed by atoms with van der Waals surface area (Å²) in [4.78, 5) is 17.2. The molecule has 162 valence electrons. The third kappa shape index (κ3) is 4.44. The van der Waals surface area contributed by atoms with Crippen LogP contribution in [0.2, 0.25) is 0 Å². The van der Waals surface area contributed by atoms with Crippen LogP contribution in [-0.2, 0) is 15.6 Å². The summed E-state index contributed by atoms with van der Waals surface area (Å²) in [6, 6.07) is 17.6. The normalized spacial score (nSPS) is 14.5. The van der Waals surface area contributed by atoms with Crippen LogP contribution in [0.1, 0.15) is 16.1 Å². The van der Waals surface area contributed by atoms with Gasteiger partial charge >= 0.3 is 0 Å². The van der Waals surface area contributed by atoms with Crippen molar-refractivity contribution in [2.24, 2.45) is 0 Å². The Morgan fingerprint density at radius 3 is 2.35 bits per heavy atom. The molecule has 2 aromatic carbocycles. The second kappa shape index (κ2) is 8.85. The Morgan fingerprint density at radius 1 is 0.968 bits per heavy atom. The Morgan fingerprint density at radius 2 is 1.65 bits per heavy atom. The number of nitrogens with zero attached hydrogens (tertiary/aromatic N) is 2. The van der Waals surface area contributed by atoms with Gasteiger partial charge in [0.1, 0.15) is 5.75 Å². The van der Waals surface area contributed by atoms with Crippen molar-refractivity contribution in [1.82, 2.24) is 4.90 Å². The van der Waals surface area contributed by atoms with E-state index >= 15 is 0 Å². The topological polar surface area (TPSA) is 80.1 Å². The summed E-state index contributed by atoms with van der Waals surface area (Å²) in [5.74, 6) is 0.311. The number of para-hydroxylation sites is 2. The highest BCUT2D eigenvalue weighted by molar-refractivity contribution is 7.90. The van der Waals surface area contributed by atoms with Crippen LogP contribution in [0, 0.1) is 0 Å². The monoisotopic (exact) mass is 440 g/mol. The van der Waals surface area contributed by atoms with Gasteiger partial charge in [-0.2, -0.15) is 0 Å². The summed E-state index contributed by atoms with van der Waals surface area (Å²) in [7, 11) is -1.94. The molecule has 0 atom stereocenters. The average Bonchev–Trinajstić information content (AvgIpc) is 3.26. The zero-order valence-electron chi connectivity index (χ0n) is 17.2. The van der Waals surface area contributed by atoms with Crippen molar-refractivity contribution in [3.05, 3.63) is 78.3 Å². The molecule has 7 nitrogen and oxygen atoms in total. The molecular weight excluding hydrogens is 416 g/mol. The van der Waals surface area contributed by atoms with Crippen molar-refractivity contribution < 1.29 is 22.4 Å². The van der Waals surface area contributed by atoms with E-state index in [1.54, 1.807) is 48.4 Å². The minimum Gasteiger partial charge on any atom is -0.495 e. The van der Waals surface area contributed by atoms with Crippen LogP contribution >= 0.6 is 0 Å². The summed E-state index contributed by atoms with van der Waals surface area (Å²) >= 11 is 0. The number of amides is 1. The summed E-state index contributed by atoms with van der Waals surface area (Å²) in [5.41, 5.74) is 1.37. The molecule has 0 N–H and O–H groups in total. The number of ether oxygens (including phenoxy) is 1. The summed E-state index contributed by atoms with van der Waals surface area (Å²) < 4.78 is 36.3. The van der Waals surface area contributed by atoms with Gasteiger partial charge in [-0.1, -0.05) is 30.3 Å². The van der Waals surface area contributed by atoms with E-state index in [9.17, 15) is 13.2 Å². The maximum atomic E-state index is 13.1. The first-order valence-electron chi connectivity index (χ1n) is 10.0. The minimum atomic E-state index is -3.58. The van der Waals surface area contributed by atoms with E-state index in [2.05, 4.69) is 4.90 Å². The minimum absolute atomic E-state index is 0.0882. The fourth-order valence-electron chi connectivity index (χ4n) is 3.74. The SMILES string of the molecule is COc1ccccc1N1CCN(C(=O)c2occc2CS(=O)(=O)c2ccccc2)CC1. The third-order valence-corrected chi connectivity index (χ3v) is 7.06. The van der Waals surface area contributed by atoms with E-state index in [-0.39, 0.29) is 22.3 Å². The number of hydrogen-bond acceptors (Lipinski definition) is 6. The number of carbonyl (C=O) groups excluding carboxylic acids is 1. The highest BCUT2D eigenvalue weighted by Gasteiger charge is 2.28. The molecule has 1 aliphatic rings. The Bertz CT molecular complexity index is 1150. The molecule has 0 aliphatic carbocycles. The summed E-state index contributed by atoms with van der Waals surface area (Å²) in [6.45, 7) is 2.29. The standard InChI is InChI=1S/C23H24N2O5S/c1-29-21-10-6-5-9-20(21)24-12-14-25(15-13-24)23(26)22-18(11-16-30-22)17-31(27,28)19-7-3-2-4-8-19/h2-11,16H,12-15,17H2,1H3. The third-order valence-electron chi connectivity index (χ3n) is 5.38. The zero-order valence-corrected chi connectivity index (χ0v) is 18.0. The van der Waals surface area contributed by atoms with Crippen LogP contribution < -0.4 is 9.64 Å². The average molecular weight is 441 g/mol. The molecular formula is C23H24N2O5S. The Labute approximate surface area is 181 Å². The van der Waals surface area contributed by atoms with Gasteiger partial charge in [0.15, 0.2) is 15.6 Å². The quantitative estimate of drug-likeness (QED) is 0.586. The van der Waals surface area contributed by atoms with Crippen molar-refractivity contribution in [3.63, 3.8) is 0 Å². The van der Waals surface area contributed by atoms with E-state index in [0.29, 0.717) is 31.7 Å². The number of carbonyl (C=O) groups is 1. The van der Waals surface area contributed by atoms with Crippen LogP contribution in [-0.4, -0.2) is 52.5 Å². The maximum absolute atomic E-state index is 13.1. The van der Waals surface area contributed by atoms with Crippen LogP contribution in [0.25, 0.3) is 0 Å². The van der Waals surface area contributed by atoms with Crippen LogP contribution in [0.5, 0.6) is 5.75 Å². The van der Waals surface area contributed by atoms with Gasteiger partial charge in [0.05, 0.1) is 29.7 Å². The lowest BCUT2D eigenvalue weighted by molar-refractivity contribution is 0.0713. The number of rotatable bonds is 6. The zero-order chi connectivity index (χ0) is 21.8. The van der Waals surface area contributed by atoms with E-state index in [1.165, 1.54) is 6.26 Å². The number of methoxy groups -OCH3 is 1. The van der Waals surface area contributed by atoms with E-state index < -0.39 is 9.84 Å². The molecule has 3 aromatic rings. The first-order chi connectivity index (χ1) is 15.0. The number of anilines is 1. The predicted octanol–water partition coefficient (Wildman–Crippen LogP) is 3.22. The lowest BCUT2D eigenvalue weighted by Gasteiger charge is -2.36. The largest absolute Gasteiger partial charge is 0.495 e. The van der Waals surface area contributed by atoms with Crippen LogP contribution in [0.4, 0.5) is 5.69 Å². The van der Waals surface area contributed by atoms with Gasteiger partial charge in [0, 0.05) is 31.7 Å². The maximum Gasteiger partial charge on any atom is 0.289 e. The highest BCUT2D eigenvalue weighted by atomic mass is 32.2. The molecule has 1 saturated heterocycles. The number of hydrogen-bond donors (Lipinski definition) is 0. The van der Waals surface area contributed by atoms with Crippen molar-refractivity contribution in [2.45, 2.75) is 10.6 Å². The number of sulfone groups is 1. The van der Waals surface area contributed by atoms with Crippen molar-refractivity contribution in [3.8, 4) is 5.75 Å². The fraction of sp³-hybridized carbons (Fsp3) is 0.261. The van der Waals surface area contributed by atoms with Gasteiger partial charge in [-0.15, -0.1) is 0 Å². The molecule has 1 aliphatic heterocycles. The van der Waals surface area contributed by atoms with Crippen molar-refractivity contribution >= 4 is 21.4 Å². The smallest absolute Gasteiger partial charge is 0.289 e. The number of benzene rings is 2. The fourth-order valence-corrected chi connectivity index (χ4v) is 5.11. The second-order valence-electron chi connectivity index (χ2n) is 7.30. The van der Waals surface area contributed by atoms with Crippen molar-refractivity contribution in [2.75, 3.05) is 38.2 Å². The molecule has 4 rings (SSSR count). The molecule has 0 bridgehead atoms. The molecule has 31 heavy (non-hydrogen) atoms. The molecule has 0 saturated carbocycles. The van der Waals surface area contributed by atoms with Crippen LogP contribution in [0.3, 0.4) is 0 Å². The van der Waals surface area contributed by atoms with Gasteiger partial charge < -0.3 is 19.0 Å². The lowest BCUT2D eigenvalue weighted by Crippen LogP contribution is -2.49. The number of piperazine rings is 1. The van der Waals surface area contributed by atoms with E-state index in [1.807, 2.05) is 24.3 Å². The van der Waals surface area contributed by atoms with Gasteiger partial charge in [-0.3, -0.25) is 4.79 Å². The summed E-state index contributed by atoms with van der Waals surface area (Å²) in [5, 5.41) is 0. The molecule has 1 fully saturated rings. The van der Waals surface area contributed by atoms with Crippen LogP contribution in [0.15, 0.2) is 76.2 Å². The van der Waals surface area contributed by atoms with Crippen molar-refractivity contribution in [1.29, 1.82) is 0 Å². The Hall–Kier alpha value is -3.26. The van der Waals surface area contributed by atoms with Gasteiger partial charge in [0.2, 0.25) is 0 Å². The first-order valence-corrected chi connectivity index (χ1v) is 11.7. The van der Waals surface area contributed by atoms with E-state index in [4.69, 9.17) is 9.15 Å². The molecule has 1 aromatic heterocycles. The molecule has 8 heteroatoms. The van der Waals surface area contributed by atoms with Gasteiger partial charge in [0.25, 0.3) is 5.91 Å². The number of furan rings is 1. The second-order valence-corrected chi connectivity index (χ2v) is 9.29. The predicted molar refractivity (Wildman–Crippen MR) is 117 cm³/mol. The van der Waals surface area contributed by atoms with E-state index in [0.717, 1.165) is 11.4 Å². The van der Waals surface area contributed by atoms with Gasteiger partial charge in [-0.25, -0.2) is 8.42 Å². The molecule has 0 radical (unpaired) electrons. The summed E-state index contributed by atoms with van der Waals surface area (Å²) in [6.07, 6.45) is 1.37. The molecule has 1 amide bonds.